The van der Waals surface area contributed by atoms with Gasteiger partial charge < -0.3 is 9.84 Å². The van der Waals surface area contributed by atoms with Crippen LogP contribution in [0.15, 0.2) is 53.3 Å². The number of amides is 1. The van der Waals surface area contributed by atoms with Gasteiger partial charge in [-0.3, -0.25) is 4.79 Å². The van der Waals surface area contributed by atoms with Crippen LogP contribution in [0.25, 0.3) is 10.8 Å². The molecule has 0 radical (unpaired) electrons. The lowest BCUT2D eigenvalue weighted by Gasteiger charge is -2.07. The van der Waals surface area contributed by atoms with Crippen LogP contribution in [0.4, 0.5) is 4.39 Å². The van der Waals surface area contributed by atoms with Gasteiger partial charge in [-0.2, -0.15) is 0 Å². The average Bonchev–Trinajstić information content (AvgIpc) is 2.99. The maximum absolute atomic E-state index is 13.7. The van der Waals surface area contributed by atoms with Crippen molar-refractivity contribution in [3.05, 3.63) is 65.8 Å². The van der Waals surface area contributed by atoms with Gasteiger partial charge in [0.1, 0.15) is 17.8 Å². The van der Waals surface area contributed by atoms with E-state index in [0.717, 1.165) is 0 Å². The highest BCUT2D eigenvalue weighted by molar-refractivity contribution is 6.07. The maximum atomic E-state index is 13.7. The maximum Gasteiger partial charge on any atom is 0.252 e. The molecule has 0 saturated heterocycles. The van der Waals surface area contributed by atoms with Crippen molar-refractivity contribution in [1.82, 2.24) is 10.5 Å². The molecule has 0 saturated carbocycles. The molecule has 100 valence electrons. The lowest BCUT2D eigenvalue weighted by Crippen LogP contribution is -2.23. The number of nitrogens with zero attached hydrogens (tertiary/aromatic N) is 1. The fourth-order valence-corrected chi connectivity index (χ4v) is 2.06. The molecule has 1 heterocycles. The molecular formula is C15H11FN2O2. The highest BCUT2D eigenvalue weighted by Gasteiger charge is 2.12. The zero-order valence-electron chi connectivity index (χ0n) is 10.5. The Labute approximate surface area is 114 Å². The van der Waals surface area contributed by atoms with Crippen molar-refractivity contribution in [1.29, 1.82) is 0 Å². The smallest absolute Gasteiger partial charge is 0.252 e. The Morgan fingerprint density at radius 3 is 2.70 bits per heavy atom. The Bertz CT molecular complexity index is 754. The van der Waals surface area contributed by atoms with Gasteiger partial charge in [0.05, 0.1) is 6.54 Å². The number of carbonyl (C=O) groups excluding carboxylic acids is 1. The summed E-state index contributed by atoms with van der Waals surface area (Å²) in [7, 11) is 0. The van der Waals surface area contributed by atoms with Crippen LogP contribution in [0.5, 0.6) is 0 Å². The van der Waals surface area contributed by atoms with E-state index in [9.17, 15) is 9.18 Å². The molecule has 0 spiro atoms. The fraction of sp³-hybridized carbons (Fsp3) is 0.0667. The van der Waals surface area contributed by atoms with Crippen molar-refractivity contribution in [2.75, 3.05) is 0 Å². The molecule has 0 aliphatic rings. The van der Waals surface area contributed by atoms with Gasteiger partial charge in [-0.25, -0.2) is 4.39 Å². The van der Waals surface area contributed by atoms with E-state index in [4.69, 9.17) is 0 Å². The van der Waals surface area contributed by atoms with E-state index in [0.29, 0.717) is 22.0 Å². The number of rotatable bonds is 3. The predicted octanol–water partition coefficient (Wildman–Crippen LogP) is 2.90. The van der Waals surface area contributed by atoms with E-state index in [2.05, 4.69) is 15.0 Å². The Hall–Kier alpha value is -2.69. The number of hydrogen-bond acceptors (Lipinski definition) is 3. The molecule has 2 aromatic carbocycles. The van der Waals surface area contributed by atoms with Crippen molar-refractivity contribution in [2.24, 2.45) is 0 Å². The summed E-state index contributed by atoms with van der Waals surface area (Å²) in [5.74, 6) is -0.613. The van der Waals surface area contributed by atoms with E-state index in [1.165, 1.54) is 18.4 Å². The standard InChI is InChI=1S/C15H11FN2O2/c16-14-6-5-13(11-3-1-2-4-12(11)14)15(19)17-9-10-7-8-20-18-10/h1-8H,9H2,(H,17,19). The average molecular weight is 270 g/mol. The minimum atomic E-state index is -0.339. The molecule has 0 atom stereocenters. The molecule has 3 rings (SSSR count). The zero-order chi connectivity index (χ0) is 13.9. The van der Waals surface area contributed by atoms with Crippen molar-refractivity contribution < 1.29 is 13.7 Å². The largest absolute Gasteiger partial charge is 0.364 e. The Morgan fingerprint density at radius 1 is 1.15 bits per heavy atom. The van der Waals surface area contributed by atoms with Gasteiger partial charge in [-0.15, -0.1) is 0 Å². The molecular weight excluding hydrogens is 259 g/mol. The minimum Gasteiger partial charge on any atom is -0.364 e. The number of nitrogens with one attached hydrogen (secondary N) is 1. The first-order valence-electron chi connectivity index (χ1n) is 6.10. The second kappa shape index (κ2) is 5.13. The van der Waals surface area contributed by atoms with E-state index in [-0.39, 0.29) is 18.3 Å². The summed E-state index contributed by atoms with van der Waals surface area (Å²) in [6.45, 7) is 0.265. The highest BCUT2D eigenvalue weighted by Crippen LogP contribution is 2.21. The van der Waals surface area contributed by atoms with Gasteiger partial charge in [0.15, 0.2) is 0 Å². The van der Waals surface area contributed by atoms with Crippen LogP contribution in [0.1, 0.15) is 16.1 Å². The summed E-state index contributed by atoms with van der Waals surface area (Å²) in [6.07, 6.45) is 1.44. The Morgan fingerprint density at radius 2 is 1.95 bits per heavy atom. The molecule has 1 N–H and O–H groups in total. The molecule has 20 heavy (non-hydrogen) atoms. The van der Waals surface area contributed by atoms with Crippen molar-refractivity contribution in [3.8, 4) is 0 Å². The SMILES string of the molecule is O=C(NCc1ccon1)c1ccc(F)c2ccccc12. The lowest BCUT2D eigenvalue weighted by atomic mass is 10.0. The molecule has 4 nitrogen and oxygen atoms in total. The first kappa shape index (κ1) is 12.3. The molecule has 0 bridgehead atoms. The second-order valence-electron chi connectivity index (χ2n) is 4.31. The number of benzene rings is 2. The van der Waals surface area contributed by atoms with Gasteiger partial charge in [0.2, 0.25) is 0 Å². The van der Waals surface area contributed by atoms with Gasteiger partial charge in [0, 0.05) is 17.0 Å². The second-order valence-corrected chi connectivity index (χ2v) is 4.31. The molecule has 0 aliphatic heterocycles. The molecule has 1 amide bonds. The monoisotopic (exact) mass is 270 g/mol. The number of carbonyl (C=O) groups is 1. The molecule has 3 aromatic rings. The first-order chi connectivity index (χ1) is 9.75. The van der Waals surface area contributed by atoms with E-state index in [1.54, 1.807) is 30.3 Å². The third-order valence-corrected chi connectivity index (χ3v) is 3.04. The molecule has 1 aromatic heterocycles. The van der Waals surface area contributed by atoms with Crippen LogP contribution in [0.3, 0.4) is 0 Å². The predicted molar refractivity (Wildman–Crippen MR) is 71.6 cm³/mol. The summed E-state index contributed by atoms with van der Waals surface area (Å²) >= 11 is 0. The van der Waals surface area contributed by atoms with Crippen molar-refractivity contribution in [3.63, 3.8) is 0 Å². The Kier molecular flexibility index (Phi) is 3.16. The highest BCUT2D eigenvalue weighted by atomic mass is 19.1. The van der Waals surface area contributed by atoms with Crippen LogP contribution in [0, 0.1) is 5.82 Å². The lowest BCUT2D eigenvalue weighted by molar-refractivity contribution is 0.0951. The summed E-state index contributed by atoms with van der Waals surface area (Å²) in [5.41, 5.74) is 1.07. The molecule has 0 fully saturated rings. The number of hydrogen-bond donors (Lipinski definition) is 1. The normalized spacial score (nSPS) is 10.7. The summed E-state index contributed by atoms with van der Waals surface area (Å²) in [5, 5.41) is 7.46. The van der Waals surface area contributed by atoms with Crippen LogP contribution >= 0.6 is 0 Å². The van der Waals surface area contributed by atoms with E-state index >= 15 is 0 Å². The summed E-state index contributed by atoms with van der Waals surface area (Å²) in [4.78, 5) is 12.2. The van der Waals surface area contributed by atoms with E-state index in [1.807, 2.05) is 0 Å². The quantitative estimate of drug-likeness (QED) is 0.796. The van der Waals surface area contributed by atoms with Crippen LogP contribution < -0.4 is 5.32 Å². The topological polar surface area (TPSA) is 55.1 Å². The van der Waals surface area contributed by atoms with Crippen LogP contribution in [0.2, 0.25) is 0 Å². The first-order valence-corrected chi connectivity index (χ1v) is 6.10. The van der Waals surface area contributed by atoms with Gasteiger partial charge in [-0.1, -0.05) is 29.4 Å². The molecule has 5 heteroatoms. The molecule has 0 aliphatic carbocycles. The third kappa shape index (κ3) is 2.25. The van der Waals surface area contributed by atoms with Gasteiger partial charge in [0.25, 0.3) is 5.91 Å². The van der Waals surface area contributed by atoms with Crippen molar-refractivity contribution in [2.45, 2.75) is 6.54 Å². The van der Waals surface area contributed by atoms with Crippen LogP contribution in [-0.4, -0.2) is 11.1 Å². The third-order valence-electron chi connectivity index (χ3n) is 3.04. The zero-order valence-corrected chi connectivity index (χ0v) is 10.5. The number of halogens is 1. The molecule has 0 unspecified atom stereocenters. The van der Waals surface area contributed by atoms with Gasteiger partial charge >= 0.3 is 0 Å². The minimum absolute atomic E-state index is 0.265. The van der Waals surface area contributed by atoms with Crippen LogP contribution in [-0.2, 0) is 6.54 Å². The number of aromatic nitrogens is 1. The Balaban J connectivity index is 1.90. The number of fused-ring (bicyclic) bond motifs is 1. The van der Waals surface area contributed by atoms with Gasteiger partial charge in [-0.05, 0) is 17.5 Å². The summed E-state index contributed by atoms with van der Waals surface area (Å²) in [6, 6.07) is 11.3. The fourth-order valence-electron chi connectivity index (χ4n) is 2.06. The van der Waals surface area contributed by atoms with E-state index < -0.39 is 0 Å². The summed E-state index contributed by atoms with van der Waals surface area (Å²) < 4.78 is 18.4. The van der Waals surface area contributed by atoms with Crippen molar-refractivity contribution >= 4 is 16.7 Å².